The zero-order valence-corrected chi connectivity index (χ0v) is 17.0. The predicted octanol–water partition coefficient (Wildman–Crippen LogP) is 5.08. The average Bonchev–Trinajstić information content (AvgIpc) is 3.06. The maximum Gasteiger partial charge on any atom is 0.342 e. The Labute approximate surface area is 172 Å². The molecule has 1 N–H and O–H groups in total. The van der Waals surface area contributed by atoms with Gasteiger partial charge in [0.25, 0.3) is 5.22 Å². The Morgan fingerprint density at radius 1 is 1.32 bits per heavy atom. The van der Waals surface area contributed by atoms with Gasteiger partial charge in [0.1, 0.15) is 23.1 Å². The molecule has 144 valence electrons. The summed E-state index contributed by atoms with van der Waals surface area (Å²) in [5, 5.41) is 17.0. The van der Waals surface area contributed by atoms with Gasteiger partial charge in [0.15, 0.2) is 0 Å². The summed E-state index contributed by atoms with van der Waals surface area (Å²) in [6.07, 6.45) is 1.48. The highest BCUT2D eigenvalue weighted by Crippen LogP contribution is 2.31. The van der Waals surface area contributed by atoms with Gasteiger partial charge in [-0.3, -0.25) is 0 Å². The van der Waals surface area contributed by atoms with E-state index in [2.05, 4.69) is 26.1 Å². The molecule has 0 aliphatic heterocycles. The normalized spacial score (nSPS) is 11.5. The third-order valence-corrected chi connectivity index (χ3v) is 4.98. The Hall–Kier alpha value is -2.65. The maximum atomic E-state index is 13.7. The molecule has 0 radical (unpaired) electrons. The molecular weight excluding hydrogens is 451 g/mol. The molecule has 0 aliphatic rings. The van der Waals surface area contributed by atoms with Crippen LogP contribution in [0.1, 0.15) is 17.0 Å². The lowest BCUT2D eigenvalue weighted by molar-refractivity contribution is -0.131. The number of aryl methyl sites for hydroxylation is 1. The van der Waals surface area contributed by atoms with E-state index in [9.17, 15) is 14.3 Å². The summed E-state index contributed by atoms with van der Waals surface area (Å²) in [5.41, 5.74) is 1.07. The van der Waals surface area contributed by atoms with Gasteiger partial charge in [-0.2, -0.15) is 0 Å². The summed E-state index contributed by atoms with van der Waals surface area (Å²) in [6.45, 7) is 1.70. The first kappa shape index (κ1) is 20.1. The van der Waals surface area contributed by atoms with Crippen LogP contribution in [0.3, 0.4) is 0 Å². The topological polar surface area (TPSA) is 85.5 Å². The van der Waals surface area contributed by atoms with E-state index in [1.165, 1.54) is 12.1 Å². The molecule has 0 bridgehead atoms. The van der Waals surface area contributed by atoms with E-state index in [-0.39, 0.29) is 22.6 Å². The standard InChI is InChI=1S/C19H14BrFN2O4S/c1-11-22-23-19(27-11)28-17(18(24)25)9-12-6-7-16(14(20)8-12)26-10-13-4-2-3-5-15(13)21/h2-9H,10H2,1H3,(H,24,25)/b17-9-. The van der Waals surface area contributed by atoms with Gasteiger partial charge in [-0.05, 0) is 57.5 Å². The van der Waals surface area contributed by atoms with Crippen molar-refractivity contribution in [3.8, 4) is 5.75 Å². The number of benzene rings is 2. The summed E-state index contributed by atoms with van der Waals surface area (Å²) in [7, 11) is 0. The molecule has 0 amide bonds. The molecule has 0 aliphatic carbocycles. The van der Waals surface area contributed by atoms with Crippen molar-refractivity contribution >= 4 is 39.7 Å². The van der Waals surface area contributed by atoms with Crippen LogP contribution in [0.5, 0.6) is 5.75 Å². The summed E-state index contributed by atoms with van der Waals surface area (Å²) < 4.78 is 25.1. The van der Waals surface area contributed by atoms with Crippen LogP contribution in [0, 0.1) is 12.7 Å². The largest absolute Gasteiger partial charge is 0.488 e. The minimum absolute atomic E-state index is 0.0237. The first-order valence-electron chi connectivity index (χ1n) is 8.01. The third kappa shape index (κ3) is 5.20. The number of rotatable bonds is 7. The van der Waals surface area contributed by atoms with Crippen molar-refractivity contribution in [3.63, 3.8) is 0 Å². The fraction of sp³-hybridized carbons (Fsp3) is 0.105. The molecule has 3 aromatic rings. The van der Waals surface area contributed by atoms with Crippen LogP contribution in [-0.2, 0) is 11.4 Å². The number of carboxylic acid groups (broad SMARTS) is 1. The van der Waals surface area contributed by atoms with E-state index in [4.69, 9.17) is 9.15 Å². The van der Waals surface area contributed by atoms with Crippen molar-refractivity contribution in [2.24, 2.45) is 0 Å². The minimum atomic E-state index is -1.11. The van der Waals surface area contributed by atoms with Crippen molar-refractivity contribution in [2.45, 2.75) is 18.8 Å². The van der Waals surface area contributed by atoms with Gasteiger partial charge < -0.3 is 14.3 Å². The number of carbonyl (C=O) groups is 1. The Balaban J connectivity index is 1.75. The molecule has 0 fully saturated rings. The number of hydrogen-bond acceptors (Lipinski definition) is 6. The first-order valence-corrected chi connectivity index (χ1v) is 9.62. The third-order valence-electron chi connectivity index (χ3n) is 3.51. The molecular formula is C19H14BrFN2O4S. The zero-order chi connectivity index (χ0) is 20.1. The molecule has 9 heteroatoms. The molecule has 0 saturated heterocycles. The number of ether oxygens (including phenoxy) is 1. The molecule has 2 aromatic carbocycles. The number of hydrogen-bond donors (Lipinski definition) is 1. The number of nitrogens with zero attached hydrogens (tertiary/aromatic N) is 2. The fourth-order valence-electron chi connectivity index (χ4n) is 2.19. The van der Waals surface area contributed by atoms with E-state index >= 15 is 0 Å². The van der Waals surface area contributed by atoms with Crippen molar-refractivity contribution in [2.75, 3.05) is 0 Å². The van der Waals surface area contributed by atoms with E-state index in [0.717, 1.165) is 11.8 Å². The molecule has 3 rings (SSSR count). The van der Waals surface area contributed by atoms with Gasteiger partial charge in [-0.25, -0.2) is 9.18 Å². The van der Waals surface area contributed by atoms with E-state index < -0.39 is 5.97 Å². The Morgan fingerprint density at radius 2 is 2.11 bits per heavy atom. The summed E-state index contributed by atoms with van der Waals surface area (Å²) in [6, 6.07) is 11.5. The van der Waals surface area contributed by atoms with Gasteiger partial charge in [-0.15, -0.1) is 10.2 Å². The average molecular weight is 465 g/mol. The second kappa shape index (κ2) is 9.03. The highest BCUT2D eigenvalue weighted by molar-refractivity contribution is 9.10. The smallest absolute Gasteiger partial charge is 0.342 e. The number of carboxylic acids is 1. The van der Waals surface area contributed by atoms with Gasteiger partial charge in [-0.1, -0.05) is 24.3 Å². The number of aromatic nitrogens is 2. The highest BCUT2D eigenvalue weighted by atomic mass is 79.9. The summed E-state index contributed by atoms with van der Waals surface area (Å²) in [4.78, 5) is 11.5. The van der Waals surface area contributed by atoms with Crippen LogP contribution < -0.4 is 4.74 Å². The quantitative estimate of drug-likeness (QED) is 0.385. The summed E-state index contributed by atoms with van der Waals surface area (Å²) in [5.74, 6) is -0.585. The van der Waals surface area contributed by atoms with Crippen LogP contribution in [0.4, 0.5) is 4.39 Å². The lowest BCUT2D eigenvalue weighted by Crippen LogP contribution is -1.99. The molecule has 1 heterocycles. The Kier molecular flexibility index (Phi) is 6.48. The Morgan fingerprint density at radius 3 is 2.75 bits per heavy atom. The van der Waals surface area contributed by atoms with E-state index in [1.54, 1.807) is 43.3 Å². The molecule has 0 unspecified atom stereocenters. The van der Waals surface area contributed by atoms with E-state index in [1.807, 2.05) is 0 Å². The predicted molar refractivity (Wildman–Crippen MR) is 105 cm³/mol. The van der Waals surface area contributed by atoms with Crippen LogP contribution in [0.2, 0.25) is 0 Å². The minimum Gasteiger partial charge on any atom is -0.488 e. The lowest BCUT2D eigenvalue weighted by Gasteiger charge is -2.10. The van der Waals surface area contributed by atoms with Crippen molar-refractivity contribution in [1.29, 1.82) is 0 Å². The molecule has 0 spiro atoms. The van der Waals surface area contributed by atoms with Crippen LogP contribution >= 0.6 is 27.7 Å². The SMILES string of the molecule is Cc1nnc(S/C(=C\c2ccc(OCc3ccccc3F)c(Br)c2)C(=O)O)o1. The zero-order valence-electron chi connectivity index (χ0n) is 14.6. The Bertz CT molecular complexity index is 1040. The van der Waals surface area contributed by atoms with Crippen molar-refractivity contribution in [3.05, 3.63) is 74.7 Å². The second-order valence-corrected chi connectivity index (χ2v) is 7.42. The van der Waals surface area contributed by atoms with Gasteiger partial charge in [0.05, 0.1) is 4.47 Å². The lowest BCUT2D eigenvalue weighted by atomic mass is 10.2. The fourth-order valence-corrected chi connectivity index (χ4v) is 3.42. The number of halogens is 2. The monoisotopic (exact) mass is 464 g/mol. The molecule has 1 aromatic heterocycles. The molecule has 28 heavy (non-hydrogen) atoms. The van der Waals surface area contributed by atoms with Gasteiger partial charge >= 0.3 is 5.97 Å². The molecule has 0 saturated carbocycles. The van der Waals surface area contributed by atoms with Crippen LogP contribution in [0.15, 0.2) is 61.5 Å². The van der Waals surface area contributed by atoms with Crippen molar-refractivity contribution in [1.82, 2.24) is 10.2 Å². The van der Waals surface area contributed by atoms with Crippen LogP contribution in [-0.4, -0.2) is 21.3 Å². The van der Waals surface area contributed by atoms with Gasteiger partial charge in [0, 0.05) is 12.5 Å². The maximum absolute atomic E-state index is 13.7. The number of aliphatic carboxylic acids is 1. The molecule has 6 nitrogen and oxygen atoms in total. The molecule has 0 atom stereocenters. The van der Waals surface area contributed by atoms with E-state index in [0.29, 0.717) is 27.2 Å². The van der Waals surface area contributed by atoms with Gasteiger partial charge in [0.2, 0.25) is 5.89 Å². The van der Waals surface area contributed by atoms with Crippen LogP contribution in [0.25, 0.3) is 6.08 Å². The second-order valence-electron chi connectivity index (χ2n) is 5.57. The number of thioether (sulfide) groups is 1. The first-order chi connectivity index (χ1) is 13.4. The highest BCUT2D eigenvalue weighted by Gasteiger charge is 2.15. The summed E-state index contributed by atoms with van der Waals surface area (Å²) >= 11 is 4.26. The van der Waals surface area contributed by atoms with Crippen molar-refractivity contribution < 1.29 is 23.4 Å².